The molecule has 0 saturated carbocycles. The number of benzene rings is 7. The maximum atomic E-state index is 4.93. The van der Waals surface area contributed by atoms with E-state index in [2.05, 4.69) is 120 Å². The van der Waals surface area contributed by atoms with Gasteiger partial charge in [-0.1, -0.05) is 133 Å². The van der Waals surface area contributed by atoms with E-state index in [1.54, 1.807) is 0 Å². The fourth-order valence-corrected chi connectivity index (χ4v) is 5.89. The summed E-state index contributed by atoms with van der Waals surface area (Å²) in [7, 11) is 0. The van der Waals surface area contributed by atoms with Crippen molar-refractivity contribution < 1.29 is 0 Å². The second kappa shape index (κ2) is 12.5. The molecule has 0 amide bonds. The van der Waals surface area contributed by atoms with E-state index in [-0.39, 0.29) is 0 Å². The topological polar surface area (TPSA) is 41.9 Å². The average Bonchev–Trinajstić information content (AvgIpc) is 3.16. The maximum absolute atomic E-state index is 4.93. The summed E-state index contributed by atoms with van der Waals surface area (Å²) in [4.78, 5) is 17.0. The minimum atomic E-state index is 0.633. The van der Waals surface area contributed by atoms with Crippen LogP contribution in [-0.2, 0) is 0 Å². The van der Waals surface area contributed by atoms with Crippen molar-refractivity contribution in [1.29, 1.82) is 0 Å². The number of rotatable bonds is 7. The number of hydrogen-bond donors (Lipinski definition) is 0. The summed E-state index contributed by atoms with van der Waals surface area (Å²) in [5, 5.41) is 2.41. The minimum Gasteiger partial charge on any atom is -0.310 e. The predicted molar refractivity (Wildman–Crippen MR) is 194 cm³/mol. The molecule has 1 aromatic heterocycles. The van der Waals surface area contributed by atoms with Gasteiger partial charge >= 0.3 is 0 Å². The van der Waals surface area contributed by atoms with Crippen LogP contribution in [0.4, 0.5) is 17.1 Å². The van der Waals surface area contributed by atoms with Gasteiger partial charge in [0.25, 0.3) is 0 Å². The van der Waals surface area contributed by atoms with Crippen LogP contribution in [0.25, 0.3) is 56.1 Å². The summed E-state index contributed by atoms with van der Waals surface area (Å²) >= 11 is 0. The standard InChI is InChI=1S/C43H30N4/c1-4-12-31(13-5-1)33-20-25-38(26-21-33)47(40-29-22-32-14-10-11-19-37(32)30-40)39-27-23-36(24-28-39)43-45-41(34-15-6-2-7-16-34)44-42(46-43)35-17-8-3-9-18-35/h1-30H. The van der Waals surface area contributed by atoms with Crippen molar-refractivity contribution in [3.05, 3.63) is 182 Å². The van der Waals surface area contributed by atoms with Crippen molar-refractivity contribution in [1.82, 2.24) is 15.0 Å². The lowest BCUT2D eigenvalue weighted by Gasteiger charge is -2.26. The molecule has 0 unspecified atom stereocenters. The molecule has 4 nitrogen and oxygen atoms in total. The normalized spacial score (nSPS) is 11.0. The molecule has 8 rings (SSSR count). The third-order valence-corrected chi connectivity index (χ3v) is 8.31. The Bertz CT molecular complexity index is 2210. The zero-order valence-electron chi connectivity index (χ0n) is 25.6. The van der Waals surface area contributed by atoms with E-state index in [4.69, 9.17) is 15.0 Å². The van der Waals surface area contributed by atoms with E-state index in [9.17, 15) is 0 Å². The van der Waals surface area contributed by atoms with Crippen LogP contribution in [0.5, 0.6) is 0 Å². The van der Waals surface area contributed by atoms with E-state index in [0.717, 1.165) is 33.8 Å². The first-order chi connectivity index (χ1) is 23.3. The Labute approximate surface area is 274 Å². The molecule has 222 valence electrons. The molecule has 0 bridgehead atoms. The molecule has 7 aromatic carbocycles. The Morgan fingerprint density at radius 3 is 1.15 bits per heavy atom. The Morgan fingerprint density at radius 1 is 0.277 bits per heavy atom. The molecule has 8 aromatic rings. The molecular weight excluding hydrogens is 573 g/mol. The van der Waals surface area contributed by atoms with Gasteiger partial charge in [0.2, 0.25) is 0 Å². The van der Waals surface area contributed by atoms with Crippen LogP contribution in [0.3, 0.4) is 0 Å². The monoisotopic (exact) mass is 602 g/mol. The molecular formula is C43H30N4. The number of fused-ring (bicyclic) bond motifs is 1. The Morgan fingerprint density at radius 2 is 0.638 bits per heavy atom. The predicted octanol–water partition coefficient (Wildman–Crippen LogP) is 11.2. The highest BCUT2D eigenvalue weighted by atomic mass is 15.1. The van der Waals surface area contributed by atoms with Crippen molar-refractivity contribution in [2.24, 2.45) is 0 Å². The SMILES string of the molecule is c1ccc(-c2ccc(N(c3ccc(-c4nc(-c5ccccc5)nc(-c5ccccc5)n4)cc3)c3ccc4ccccc4c3)cc2)cc1. The molecule has 1 heterocycles. The van der Waals surface area contributed by atoms with Crippen molar-refractivity contribution in [2.75, 3.05) is 4.90 Å². The van der Waals surface area contributed by atoms with Gasteiger partial charge < -0.3 is 4.90 Å². The molecule has 0 atom stereocenters. The highest BCUT2D eigenvalue weighted by Gasteiger charge is 2.16. The van der Waals surface area contributed by atoms with E-state index < -0.39 is 0 Å². The molecule has 0 spiro atoms. The van der Waals surface area contributed by atoms with Crippen molar-refractivity contribution in [2.45, 2.75) is 0 Å². The van der Waals surface area contributed by atoms with Gasteiger partial charge in [0.15, 0.2) is 17.5 Å². The zero-order chi connectivity index (χ0) is 31.4. The number of hydrogen-bond acceptors (Lipinski definition) is 4. The molecule has 0 radical (unpaired) electrons. The van der Waals surface area contributed by atoms with Gasteiger partial charge in [-0.25, -0.2) is 15.0 Å². The van der Waals surface area contributed by atoms with Crippen molar-refractivity contribution in [3.8, 4) is 45.3 Å². The third kappa shape index (κ3) is 5.88. The quantitative estimate of drug-likeness (QED) is 0.182. The van der Waals surface area contributed by atoms with Gasteiger partial charge in [-0.05, 0) is 70.4 Å². The van der Waals surface area contributed by atoms with Crippen LogP contribution in [0, 0.1) is 0 Å². The van der Waals surface area contributed by atoms with E-state index in [1.165, 1.54) is 21.9 Å². The van der Waals surface area contributed by atoms with Crippen LogP contribution < -0.4 is 4.90 Å². The van der Waals surface area contributed by atoms with Gasteiger partial charge in [-0.3, -0.25) is 0 Å². The second-order valence-corrected chi connectivity index (χ2v) is 11.4. The van der Waals surface area contributed by atoms with Crippen LogP contribution in [0.15, 0.2) is 182 Å². The minimum absolute atomic E-state index is 0.633. The molecule has 47 heavy (non-hydrogen) atoms. The first kappa shape index (κ1) is 28.1. The summed E-state index contributed by atoms with van der Waals surface area (Å²) in [5.41, 5.74) is 8.40. The zero-order valence-corrected chi connectivity index (χ0v) is 25.6. The van der Waals surface area contributed by atoms with Crippen LogP contribution in [-0.4, -0.2) is 15.0 Å². The van der Waals surface area contributed by atoms with Crippen LogP contribution in [0.2, 0.25) is 0 Å². The van der Waals surface area contributed by atoms with Gasteiger partial charge in [0.1, 0.15) is 0 Å². The van der Waals surface area contributed by atoms with Gasteiger partial charge in [0.05, 0.1) is 0 Å². The summed E-state index contributed by atoms with van der Waals surface area (Å²) in [6.07, 6.45) is 0. The molecule has 0 aliphatic rings. The van der Waals surface area contributed by atoms with Crippen molar-refractivity contribution in [3.63, 3.8) is 0 Å². The van der Waals surface area contributed by atoms with Gasteiger partial charge in [0, 0.05) is 33.8 Å². The van der Waals surface area contributed by atoms with E-state index >= 15 is 0 Å². The smallest absolute Gasteiger partial charge is 0.164 e. The lowest BCUT2D eigenvalue weighted by atomic mass is 10.0. The molecule has 0 aliphatic carbocycles. The van der Waals surface area contributed by atoms with Crippen LogP contribution >= 0.6 is 0 Å². The average molecular weight is 603 g/mol. The largest absolute Gasteiger partial charge is 0.310 e. The lowest BCUT2D eigenvalue weighted by molar-refractivity contribution is 1.07. The summed E-state index contributed by atoms with van der Waals surface area (Å²) in [6.45, 7) is 0. The number of nitrogens with zero attached hydrogens (tertiary/aromatic N) is 4. The van der Waals surface area contributed by atoms with Gasteiger partial charge in [-0.15, -0.1) is 0 Å². The molecule has 0 saturated heterocycles. The first-order valence-corrected chi connectivity index (χ1v) is 15.7. The highest BCUT2D eigenvalue weighted by Crippen LogP contribution is 2.38. The lowest BCUT2D eigenvalue weighted by Crippen LogP contribution is -2.10. The van der Waals surface area contributed by atoms with Gasteiger partial charge in [-0.2, -0.15) is 0 Å². The maximum Gasteiger partial charge on any atom is 0.164 e. The summed E-state index contributed by atoms with van der Waals surface area (Å²) < 4.78 is 0. The Kier molecular flexibility index (Phi) is 7.50. The summed E-state index contributed by atoms with van der Waals surface area (Å²) in [5.74, 6) is 1.93. The first-order valence-electron chi connectivity index (χ1n) is 15.7. The van der Waals surface area contributed by atoms with Crippen molar-refractivity contribution >= 4 is 27.8 Å². The Hall–Kier alpha value is -6.39. The third-order valence-electron chi connectivity index (χ3n) is 8.31. The Balaban J connectivity index is 1.21. The molecule has 0 aliphatic heterocycles. The number of aromatic nitrogens is 3. The molecule has 4 heteroatoms. The summed E-state index contributed by atoms with van der Waals surface area (Å²) in [6, 6.07) is 62.9. The number of anilines is 3. The molecule has 0 N–H and O–H groups in total. The van der Waals surface area contributed by atoms with E-state index in [0.29, 0.717) is 17.5 Å². The second-order valence-electron chi connectivity index (χ2n) is 11.4. The highest BCUT2D eigenvalue weighted by molar-refractivity contribution is 5.89. The fraction of sp³-hybridized carbons (Fsp3) is 0. The van der Waals surface area contributed by atoms with E-state index in [1.807, 2.05) is 66.7 Å². The fourth-order valence-electron chi connectivity index (χ4n) is 5.89. The van der Waals surface area contributed by atoms with Crippen LogP contribution in [0.1, 0.15) is 0 Å². The molecule has 0 fully saturated rings.